The number of rotatable bonds is 6. The third kappa shape index (κ3) is 3.15. The second-order valence-electron chi connectivity index (χ2n) is 5.66. The molecule has 5 heteroatoms. The van der Waals surface area contributed by atoms with Gasteiger partial charge in [0.2, 0.25) is 5.75 Å². The molecule has 23 heavy (non-hydrogen) atoms. The number of nitrogens with one attached hydrogen (secondary N) is 1. The molecule has 0 aliphatic heterocycles. The van der Waals surface area contributed by atoms with Gasteiger partial charge in [-0.25, -0.2) is 0 Å². The van der Waals surface area contributed by atoms with Crippen molar-refractivity contribution in [1.82, 2.24) is 5.32 Å². The highest BCUT2D eigenvalue weighted by Gasteiger charge is 2.22. The van der Waals surface area contributed by atoms with E-state index < -0.39 is 0 Å². The van der Waals surface area contributed by atoms with E-state index in [2.05, 4.69) is 11.4 Å². The Kier molecular flexibility index (Phi) is 4.76. The number of hydrogen-bond donors (Lipinski definition) is 1. The summed E-state index contributed by atoms with van der Waals surface area (Å²) in [5.41, 5.74) is 2.37. The lowest BCUT2D eigenvalue weighted by molar-refractivity contribution is 0.323. The summed E-state index contributed by atoms with van der Waals surface area (Å²) in [4.78, 5) is 0. The highest BCUT2D eigenvalue weighted by Crippen LogP contribution is 2.38. The van der Waals surface area contributed by atoms with Crippen LogP contribution in [0.3, 0.4) is 0 Å². The number of aryl methyl sites for hydroxylation is 1. The summed E-state index contributed by atoms with van der Waals surface area (Å²) in [7, 11) is 4.88. The molecular weight excluding hydrogens is 294 g/mol. The van der Waals surface area contributed by atoms with Crippen LogP contribution >= 0.6 is 0 Å². The van der Waals surface area contributed by atoms with Crippen molar-refractivity contribution in [2.24, 2.45) is 0 Å². The maximum atomic E-state index is 5.54. The number of benzene rings is 1. The number of hydrogen-bond acceptors (Lipinski definition) is 5. The van der Waals surface area contributed by atoms with Crippen molar-refractivity contribution in [3.63, 3.8) is 0 Å². The molecule has 1 aliphatic carbocycles. The second-order valence-corrected chi connectivity index (χ2v) is 5.66. The van der Waals surface area contributed by atoms with Gasteiger partial charge in [0.15, 0.2) is 11.5 Å². The fraction of sp³-hybridized carbons (Fsp3) is 0.444. The first-order valence-electron chi connectivity index (χ1n) is 7.85. The number of furan rings is 1. The van der Waals surface area contributed by atoms with E-state index in [1.807, 2.05) is 12.1 Å². The molecule has 0 radical (unpaired) electrons. The largest absolute Gasteiger partial charge is 0.493 e. The highest BCUT2D eigenvalue weighted by molar-refractivity contribution is 5.53. The summed E-state index contributed by atoms with van der Waals surface area (Å²) in [5.74, 6) is 3.08. The van der Waals surface area contributed by atoms with Gasteiger partial charge in [0.1, 0.15) is 5.76 Å². The third-order valence-electron chi connectivity index (χ3n) is 4.33. The van der Waals surface area contributed by atoms with E-state index in [1.54, 1.807) is 27.6 Å². The van der Waals surface area contributed by atoms with Crippen LogP contribution in [0.25, 0.3) is 0 Å². The van der Waals surface area contributed by atoms with Crippen LogP contribution in [-0.2, 0) is 13.0 Å². The molecule has 1 heterocycles. The quantitative estimate of drug-likeness (QED) is 0.884. The number of ether oxygens (including phenoxy) is 3. The predicted molar refractivity (Wildman–Crippen MR) is 87.3 cm³/mol. The van der Waals surface area contributed by atoms with Crippen molar-refractivity contribution >= 4 is 0 Å². The van der Waals surface area contributed by atoms with Crippen LogP contribution in [0.4, 0.5) is 0 Å². The topological polar surface area (TPSA) is 52.9 Å². The number of fused-ring (bicyclic) bond motifs is 1. The van der Waals surface area contributed by atoms with Gasteiger partial charge in [0, 0.05) is 24.6 Å². The Hall–Kier alpha value is -2.14. The van der Waals surface area contributed by atoms with E-state index in [0.29, 0.717) is 23.3 Å². The van der Waals surface area contributed by atoms with Crippen molar-refractivity contribution in [3.05, 3.63) is 41.3 Å². The summed E-state index contributed by atoms with van der Waals surface area (Å²) >= 11 is 0. The Morgan fingerprint density at radius 2 is 1.87 bits per heavy atom. The Bertz CT molecular complexity index is 640. The van der Waals surface area contributed by atoms with Gasteiger partial charge in [0.05, 0.1) is 27.6 Å². The van der Waals surface area contributed by atoms with Crippen LogP contribution in [0.5, 0.6) is 17.2 Å². The first-order chi connectivity index (χ1) is 11.3. The van der Waals surface area contributed by atoms with Crippen LogP contribution in [0, 0.1) is 0 Å². The van der Waals surface area contributed by atoms with Crippen molar-refractivity contribution in [3.8, 4) is 17.2 Å². The van der Waals surface area contributed by atoms with Gasteiger partial charge in [-0.15, -0.1) is 0 Å². The van der Waals surface area contributed by atoms with Crippen molar-refractivity contribution in [2.75, 3.05) is 21.3 Å². The van der Waals surface area contributed by atoms with Crippen molar-refractivity contribution in [2.45, 2.75) is 31.8 Å². The fourth-order valence-electron chi connectivity index (χ4n) is 3.18. The second kappa shape index (κ2) is 6.96. The molecule has 0 saturated heterocycles. The van der Waals surface area contributed by atoms with E-state index in [4.69, 9.17) is 18.6 Å². The molecule has 0 spiro atoms. The van der Waals surface area contributed by atoms with Crippen LogP contribution in [-0.4, -0.2) is 21.3 Å². The van der Waals surface area contributed by atoms with Crippen molar-refractivity contribution < 1.29 is 18.6 Å². The first kappa shape index (κ1) is 15.7. The maximum Gasteiger partial charge on any atom is 0.203 e. The molecule has 2 aromatic rings. The standard InChI is InChI=1S/C18H23NO4/c1-20-16-9-12(10-17(21-2)18(16)22-3)11-19-14-5-4-6-15-13(14)7-8-23-15/h7-10,14,19H,4-6,11H2,1-3H3. The highest BCUT2D eigenvalue weighted by atomic mass is 16.5. The minimum Gasteiger partial charge on any atom is -0.493 e. The van der Waals surface area contributed by atoms with Crippen LogP contribution < -0.4 is 19.5 Å². The zero-order valence-electron chi connectivity index (χ0n) is 13.8. The molecule has 1 aliphatic rings. The summed E-state index contributed by atoms with van der Waals surface area (Å²) in [6.45, 7) is 0.728. The molecule has 1 atom stereocenters. The molecule has 124 valence electrons. The molecule has 0 amide bonds. The zero-order chi connectivity index (χ0) is 16.2. The van der Waals surface area contributed by atoms with Crippen LogP contribution in [0.1, 0.15) is 35.8 Å². The van der Waals surface area contributed by atoms with E-state index in [-0.39, 0.29) is 0 Å². The van der Waals surface area contributed by atoms with E-state index in [1.165, 1.54) is 5.56 Å². The summed E-state index contributed by atoms with van der Waals surface area (Å²) in [6, 6.07) is 6.36. The van der Waals surface area contributed by atoms with Crippen LogP contribution in [0.2, 0.25) is 0 Å². The molecule has 1 unspecified atom stereocenters. The van der Waals surface area contributed by atoms with Gasteiger partial charge in [-0.1, -0.05) is 0 Å². The van der Waals surface area contributed by atoms with Gasteiger partial charge < -0.3 is 23.9 Å². The Morgan fingerprint density at radius 3 is 2.52 bits per heavy atom. The monoisotopic (exact) mass is 317 g/mol. The average Bonchev–Trinajstić information content (AvgIpc) is 3.08. The van der Waals surface area contributed by atoms with Gasteiger partial charge in [0.25, 0.3) is 0 Å². The SMILES string of the molecule is COc1cc(CNC2CCCc3occc32)cc(OC)c1OC. The molecular formula is C18H23NO4. The maximum absolute atomic E-state index is 5.54. The lowest BCUT2D eigenvalue weighted by atomic mass is 9.93. The molecule has 1 aromatic carbocycles. The summed E-state index contributed by atoms with van der Waals surface area (Å²) < 4.78 is 21.7. The minimum atomic E-state index is 0.330. The molecule has 0 saturated carbocycles. The normalized spacial score (nSPS) is 16.7. The Balaban J connectivity index is 1.76. The molecule has 5 nitrogen and oxygen atoms in total. The van der Waals surface area contributed by atoms with Gasteiger partial charge in [-0.05, 0) is 36.6 Å². The molecule has 1 N–H and O–H groups in total. The summed E-state index contributed by atoms with van der Waals surface area (Å²) in [5, 5.41) is 3.61. The Morgan fingerprint density at radius 1 is 1.13 bits per heavy atom. The van der Waals surface area contributed by atoms with Gasteiger partial charge >= 0.3 is 0 Å². The minimum absolute atomic E-state index is 0.330. The average molecular weight is 317 g/mol. The first-order valence-corrected chi connectivity index (χ1v) is 7.85. The third-order valence-corrected chi connectivity index (χ3v) is 4.33. The lowest BCUT2D eigenvalue weighted by Gasteiger charge is -2.23. The zero-order valence-corrected chi connectivity index (χ0v) is 13.8. The summed E-state index contributed by atoms with van der Waals surface area (Å²) in [6.07, 6.45) is 5.08. The van der Waals surface area contributed by atoms with E-state index >= 15 is 0 Å². The smallest absolute Gasteiger partial charge is 0.203 e. The van der Waals surface area contributed by atoms with Gasteiger partial charge in [-0.2, -0.15) is 0 Å². The van der Waals surface area contributed by atoms with E-state index in [0.717, 1.165) is 37.1 Å². The fourth-order valence-corrected chi connectivity index (χ4v) is 3.18. The lowest BCUT2D eigenvalue weighted by Crippen LogP contribution is -2.24. The molecule has 0 fully saturated rings. The molecule has 3 rings (SSSR count). The van der Waals surface area contributed by atoms with Crippen LogP contribution in [0.15, 0.2) is 28.9 Å². The number of methoxy groups -OCH3 is 3. The van der Waals surface area contributed by atoms with Crippen molar-refractivity contribution in [1.29, 1.82) is 0 Å². The Labute approximate surface area is 136 Å². The van der Waals surface area contributed by atoms with Gasteiger partial charge in [-0.3, -0.25) is 0 Å². The molecule has 0 bridgehead atoms. The molecule has 1 aromatic heterocycles. The predicted octanol–water partition coefficient (Wildman–Crippen LogP) is 3.47. The van der Waals surface area contributed by atoms with E-state index in [9.17, 15) is 0 Å².